The van der Waals surface area contributed by atoms with Crippen molar-refractivity contribution in [3.05, 3.63) is 24.3 Å². The number of amides is 2. The number of anilines is 2. The summed E-state index contributed by atoms with van der Waals surface area (Å²) in [6.45, 7) is 2.33. The average molecular weight is 306 g/mol. The monoisotopic (exact) mass is 306 g/mol. The van der Waals surface area contributed by atoms with Crippen LogP contribution in [0.1, 0.15) is 26.7 Å². The summed E-state index contributed by atoms with van der Waals surface area (Å²) < 4.78 is 4.75. The van der Waals surface area contributed by atoms with Gasteiger partial charge in [-0.05, 0) is 25.1 Å². The van der Waals surface area contributed by atoms with Crippen molar-refractivity contribution in [2.45, 2.75) is 26.7 Å². The van der Waals surface area contributed by atoms with Crippen molar-refractivity contribution in [3.8, 4) is 0 Å². The fourth-order valence-corrected chi connectivity index (χ4v) is 1.57. The van der Waals surface area contributed by atoms with E-state index in [0.717, 1.165) is 0 Å². The molecule has 1 aromatic rings. The van der Waals surface area contributed by atoms with E-state index in [-0.39, 0.29) is 24.5 Å². The van der Waals surface area contributed by atoms with E-state index in [1.54, 1.807) is 24.3 Å². The van der Waals surface area contributed by atoms with Gasteiger partial charge < -0.3 is 20.2 Å². The fraction of sp³-hybridized carbons (Fsp3) is 0.333. The molecule has 0 radical (unpaired) electrons. The third-order valence-corrected chi connectivity index (χ3v) is 2.51. The van der Waals surface area contributed by atoms with E-state index < -0.39 is 18.5 Å². The number of nitrogens with one attached hydrogen (secondary N) is 2. The first-order valence-electron chi connectivity index (χ1n) is 6.69. The van der Waals surface area contributed by atoms with E-state index >= 15 is 0 Å². The zero-order valence-electron chi connectivity index (χ0n) is 12.5. The molecule has 2 amide bonds. The van der Waals surface area contributed by atoms with Crippen LogP contribution in [0.2, 0.25) is 0 Å². The molecule has 7 heteroatoms. The van der Waals surface area contributed by atoms with Crippen LogP contribution in [-0.4, -0.2) is 30.2 Å². The highest BCUT2D eigenvalue weighted by Crippen LogP contribution is 2.14. The number of Topliss-reactive ketones (excluding diaryl/α,β-unsaturated/α-hetero) is 1. The van der Waals surface area contributed by atoms with Crippen LogP contribution in [-0.2, 0) is 23.9 Å². The molecule has 0 unspecified atom stereocenters. The summed E-state index contributed by atoms with van der Waals surface area (Å²) in [5.41, 5.74) is 1.01. The summed E-state index contributed by atoms with van der Waals surface area (Å²) >= 11 is 0. The molecule has 2 N–H and O–H groups in total. The van der Waals surface area contributed by atoms with Crippen molar-refractivity contribution in [2.24, 2.45) is 0 Å². The Morgan fingerprint density at radius 2 is 1.64 bits per heavy atom. The highest BCUT2D eigenvalue weighted by Gasteiger charge is 2.09. The second kappa shape index (κ2) is 8.56. The van der Waals surface area contributed by atoms with Crippen molar-refractivity contribution in [3.63, 3.8) is 0 Å². The van der Waals surface area contributed by atoms with E-state index in [0.29, 0.717) is 11.4 Å². The predicted molar refractivity (Wildman–Crippen MR) is 80.2 cm³/mol. The number of hydrogen-bond acceptors (Lipinski definition) is 5. The molecule has 1 rings (SSSR count). The lowest BCUT2D eigenvalue weighted by molar-refractivity contribution is -0.148. The lowest BCUT2D eigenvalue weighted by Crippen LogP contribution is -2.21. The second-order valence-corrected chi connectivity index (χ2v) is 4.67. The van der Waals surface area contributed by atoms with Gasteiger partial charge in [-0.2, -0.15) is 0 Å². The summed E-state index contributed by atoms with van der Waals surface area (Å²) in [7, 11) is 0. The van der Waals surface area contributed by atoms with Crippen LogP contribution in [0.15, 0.2) is 24.3 Å². The number of carbonyl (C=O) groups excluding carboxylic acids is 4. The van der Waals surface area contributed by atoms with Gasteiger partial charge in [-0.25, -0.2) is 0 Å². The SMILES string of the molecule is CC(=O)CCC(=O)OCC(=O)Nc1cccc(NC(C)=O)c1. The normalized spacial score (nSPS) is 9.73. The maximum atomic E-state index is 11.6. The van der Waals surface area contributed by atoms with Gasteiger partial charge in [0.25, 0.3) is 5.91 Å². The lowest BCUT2D eigenvalue weighted by atomic mass is 10.2. The minimum Gasteiger partial charge on any atom is -0.456 e. The Bertz CT molecular complexity index is 583. The molecule has 22 heavy (non-hydrogen) atoms. The maximum Gasteiger partial charge on any atom is 0.306 e. The van der Waals surface area contributed by atoms with Crippen LogP contribution in [0.5, 0.6) is 0 Å². The Morgan fingerprint density at radius 3 is 2.23 bits per heavy atom. The van der Waals surface area contributed by atoms with E-state index in [9.17, 15) is 19.2 Å². The molecule has 0 atom stereocenters. The molecular weight excluding hydrogens is 288 g/mol. The van der Waals surface area contributed by atoms with Gasteiger partial charge in [0.15, 0.2) is 6.61 Å². The van der Waals surface area contributed by atoms with E-state index in [4.69, 9.17) is 4.74 Å². The van der Waals surface area contributed by atoms with Gasteiger partial charge in [-0.3, -0.25) is 14.4 Å². The van der Waals surface area contributed by atoms with Crippen LogP contribution in [0.3, 0.4) is 0 Å². The maximum absolute atomic E-state index is 11.6. The summed E-state index contributed by atoms with van der Waals surface area (Å²) in [6, 6.07) is 6.57. The smallest absolute Gasteiger partial charge is 0.306 e. The topological polar surface area (TPSA) is 102 Å². The Morgan fingerprint density at radius 1 is 1.00 bits per heavy atom. The molecule has 0 spiro atoms. The van der Waals surface area contributed by atoms with E-state index in [2.05, 4.69) is 10.6 Å². The fourth-order valence-electron chi connectivity index (χ4n) is 1.57. The molecule has 7 nitrogen and oxygen atoms in total. The minimum absolute atomic E-state index is 0.0410. The molecular formula is C15H18N2O5. The van der Waals surface area contributed by atoms with Gasteiger partial charge in [0.2, 0.25) is 5.91 Å². The van der Waals surface area contributed by atoms with Crippen LogP contribution >= 0.6 is 0 Å². The Labute approximate surface area is 128 Å². The first-order chi connectivity index (χ1) is 10.4. The zero-order valence-corrected chi connectivity index (χ0v) is 12.5. The number of rotatable bonds is 7. The summed E-state index contributed by atoms with van der Waals surface area (Å²) in [5, 5.41) is 5.13. The van der Waals surface area contributed by atoms with Crippen molar-refractivity contribution in [2.75, 3.05) is 17.2 Å². The summed E-state index contributed by atoms with van der Waals surface area (Å²) in [5.74, 6) is -1.44. The molecule has 0 saturated heterocycles. The van der Waals surface area contributed by atoms with Crippen LogP contribution in [0.25, 0.3) is 0 Å². The van der Waals surface area contributed by atoms with E-state index in [1.165, 1.54) is 13.8 Å². The highest BCUT2D eigenvalue weighted by atomic mass is 16.5. The molecule has 0 saturated carbocycles. The quantitative estimate of drug-likeness (QED) is 0.743. The number of carbonyl (C=O) groups is 4. The molecule has 0 bridgehead atoms. The third-order valence-electron chi connectivity index (χ3n) is 2.51. The second-order valence-electron chi connectivity index (χ2n) is 4.67. The molecule has 1 aromatic carbocycles. The predicted octanol–water partition coefficient (Wildman–Crippen LogP) is 1.50. The van der Waals surface area contributed by atoms with Crippen molar-refractivity contribution >= 4 is 34.9 Å². The first-order valence-corrected chi connectivity index (χ1v) is 6.69. The first kappa shape index (κ1) is 17.4. The van der Waals surface area contributed by atoms with Crippen LogP contribution < -0.4 is 10.6 Å². The Hall–Kier alpha value is -2.70. The third kappa shape index (κ3) is 7.18. The molecule has 0 aromatic heterocycles. The summed E-state index contributed by atoms with van der Waals surface area (Å²) in [6.07, 6.45) is 0.0554. The van der Waals surface area contributed by atoms with Crippen molar-refractivity contribution in [1.82, 2.24) is 0 Å². The molecule has 0 aliphatic heterocycles. The average Bonchev–Trinajstić information content (AvgIpc) is 2.42. The van der Waals surface area contributed by atoms with Gasteiger partial charge >= 0.3 is 5.97 Å². The van der Waals surface area contributed by atoms with Gasteiger partial charge in [-0.1, -0.05) is 6.07 Å². The minimum atomic E-state index is -0.600. The largest absolute Gasteiger partial charge is 0.456 e. The number of benzene rings is 1. The Balaban J connectivity index is 2.43. The molecule has 118 valence electrons. The molecule has 0 aliphatic carbocycles. The van der Waals surface area contributed by atoms with Crippen LogP contribution in [0, 0.1) is 0 Å². The number of ketones is 1. The highest BCUT2D eigenvalue weighted by molar-refractivity contribution is 5.94. The summed E-state index contributed by atoms with van der Waals surface area (Å²) in [4.78, 5) is 44.6. The standard InChI is InChI=1S/C15H18N2O5/c1-10(18)6-7-15(21)22-9-14(20)17-13-5-3-4-12(8-13)16-11(2)19/h3-5,8H,6-7,9H2,1-2H3,(H,16,19)(H,17,20). The number of esters is 1. The van der Waals surface area contributed by atoms with Gasteiger partial charge in [0.1, 0.15) is 5.78 Å². The van der Waals surface area contributed by atoms with E-state index in [1.807, 2.05) is 0 Å². The van der Waals surface area contributed by atoms with Gasteiger partial charge in [0.05, 0.1) is 6.42 Å². The molecule has 0 heterocycles. The van der Waals surface area contributed by atoms with Crippen LogP contribution in [0.4, 0.5) is 11.4 Å². The molecule has 0 aliphatic rings. The number of hydrogen-bond donors (Lipinski definition) is 2. The zero-order chi connectivity index (χ0) is 16.5. The number of ether oxygens (including phenoxy) is 1. The lowest BCUT2D eigenvalue weighted by Gasteiger charge is -2.08. The van der Waals surface area contributed by atoms with Gasteiger partial charge in [-0.15, -0.1) is 0 Å². The Kier molecular flexibility index (Phi) is 6.75. The molecule has 0 fully saturated rings. The van der Waals surface area contributed by atoms with Crippen molar-refractivity contribution in [1.29, 1.82) is 0 Å². The van der Waals surface area contributed by atoms with Gasteiger partial charge in [0, 0.05) is 24.7 Å². The van der Waals surface area contributed by atoms with Crippen molar-refractivity contribution < 1.29 is 23.9 Å².